The zero-order chi connectivity index (χ0) is 21.4. The maximum atomic E-state index is 13.6. The first kappa shape index (κ1) is 17.7. The van der Waals surface area contributed by atoms with Gasteiger partial charge in [0.1, 0.15) is 11.4 Å². The fraction of sp³-hybridized carbons (Fsp3) is 0.160. The van der Waals surface area contributed by atoms with Crippen molar-refractivity contribution in [2.45, 2.75) is 24.3 Å². The molecule has 3 atom stereocenters. The molecule has 3 aliphatic heterocycles. The van der Waals surface area contributed by atoms with Crippen molar-refractivity contribution in [1.29, 1.82) is 0 Å². The minimum absolute atomic E-state index is 0.150. The van der Waals surface area contributed by atoms with Gasteiger partial charge in [-0.1, -0.05) is 42.5 Å². The van der Waals surface area contributed by atoms with Crippen LogP contribution in [-0.2, 0) is 10.3 Å². The van der Waals surface area contributed by atoms with Crippen LogP contribution in [0.5, 0.6) is 0 Å². The van der Waals surface area contributed by atoms with Crippen LogP contribution in [0, 0.1) is 0 Å². The molecule has 0 spiro atoms. The topological polar surface area (TPSA) is 88.6 Å². The average molecular weight is 422 g/mol. The van der Waals surface area contributed by atoms with Crippen LogP contribution in [0.4, 0.5) is 5.69 Å². The number of benzene rings is 3. The molecule has 1 fully saturated rings. The lowest BCUT2D eigenvalue weighted by molar-refractivity contribution is 0.0928. The molecular weight excluding hydrogens is 404 g/mol. The molecule has 1 aromatic heterocycles. The van der Waals surface area contributed by atoms with Gasteiger partial charge in [0.05, 0.1) is 28.2 Å². The van der Waals surface area contributed by atoms with E-state index in [4.69, 9.17) is 9.72 Å². The number of carbonyl (C=O) groups excluding carboxylic acids is 1. The summed E-state index contributed by atoms with van der Waals surface area (Å²) >= 11 is 0. The largest absolute Gasteiger partial charge is 0.357 e. The van der Waals surface area contributed by atoms with E-state index >= 15 is 0 Å². The van der Waals surface area contributed by atoms with Gasteiger partial charge < -0.3 is 15.4 Å². The minimum atomic E-state index is -0.556. The van der Waals surface area contributed by atoms with Crippen molar-refractivity contribution in [3.8, 4) is 5.69 Å². The highest BCUT2D eigenvalue weighted by atomic mass is 16.6. The van der Waals surface area contributed by atoms with E-state index in [0.717, 1.165) is 11.3 Å². The normalized spacial score (nSPS) is 24.4. The van der Waals surface area contributed by atoms with Crippen LogP contribution in [0.25, 0.3) is 16.6 Å². The first-order valence-corrected chi connectivity index (χ1v) is 10.6. The molecule has 7 heteroatoms. The fourth-order valence-corrected chi connectivity index (χ4v) is 5.13. The Bertz CT molecular complexity index is 1510. The number of fused-ring (bicyclic) bond motifs is 7. The molecule has 156 valence electrons. The van der Waals surface area contributed by atoms with Crippen molar-refractivity contribution in [2.24, 2.45) is 0 Å². The van der Waals surface area contributed by atoms with E-state index < -0.39 is 11.6 Å². The summed E-state index contributed by atoms with van der Waals surface area (Å²) in [5.74, 6) is 0.285. The predicted molar refractivity (Wildman–Crippen MR) is 119 cm³/mol. The SMILES string of the molecule is O=C1N[C@@H](CC23OC2Nc2ccccc23)c2nc3ccccc3c(=O)n2-c2ccccc21. The lowest BCUT2D eigenvalue weighted by Crippen LogP contribution is -2.33. The van der Waals surface area contributed by atoms with Gasteiger partial charge in [0.25, 0.3) is 11.5 Å². The number of ether oxygens (including phenoxy) is 1. The summed E-state index contributed by atoms with van der Waals surface area (Å²) < 4.78 is 7.66. The number of carbonyl (C=O) groups is 1. The van der Waals surface area contributed by atoms with Gasteiger partial charge in [0, 0.05) is 17.7 Å². The van der Waals surface area contributed by atoms with Gasteiger partial charge in [-0.05, 0) is 30.3 Å². The molecular formula is C25H18N4O3. The second-order valence-electron chi connectivity index (χ2n) is 8.45. The minimum Gasteiger partial charge on any atom is -0.357 e. The molecule has 3 aliphatic rings. The van der Waals surface area contributed by atoms with Crippen LogP contribution in [0.3, 0.4) is 0 Å². The van der Waals surface area contributed by atoms with Crippen LogP contribution < -0.4 is 16.2 Å². The second kappa shape index (κ2) is 6.05. The van der Waals surface area contributed by atoms with Crippen molar-refractivity contribution < 1.29 is 9.53 Å². The van der Waals surface area contributed by atoms with Gasteiger partial charge in [-0.2, -0.15) is 0 Å². The lowest BCUT2D eigenvalue weighted by Gasteiger charge is -2.22. The Balaban J connectivity index is 1.45. The maximum absolute atomic E-state index is 13.6. The van der Waals surface area contributed by atoms with E-state index in [2.05, 4.69) is 10.6 Å². The molecule has 1 amide bonds. The van der Waals surface area contributed by atoms with Gasteiger partial charge in [0.2, 0.25) is 0 Å². The molecule has 0 radical (unpaired) electrons. The number of hydrogen-bond acceptors (Lipinski definition) is 5. The average Bonchev–Trinajstić information content (AvgIpc) is 3.45. The number of amides is 1. The molecule has 2 N–H and O–H groups in total. The summed E-state index contributed by atoms with van der Waals surface area (Å²) in [6, 6.07) is 22.0. The zero-order valence-electron chi connectivity index (χ0n) is 16.9. The summed E-state index contributed by atoms with van der Waals surface area (Å²) in [7, 11) is 0. The van der Waals surface area contributed by atoms with Gasteiger partial charge >= 0.3 is 0 Å². The zero-order valence-corrected chi connectivity index (χ0v) is 16.9. The Morgan fingerprint density at radius 1 is 0.938 bits per heavy atom. The quantitative estimate of drug-likeness (QED) is 0.484. The van der Waals surface area contributed by atoms with Crippen molar-refractivity contribution in [2.75, 3.05) is 5.32 Å². The molecule has 0 saturated carbocycles. The number of epoxide rings is 1. The molecule has 4 aromatic rings. The number of hydrogen-bond donors (Lipinski definition) is 2. The van der Waals surface area contributed by atoms with Crippen LogP contribution in [0.15, 0.2) is 77.6 Å². The summed E-state index contributed by atoms with van der Waals surface area (Å²) in [5, 5.41) is 7.03. The molecule has 4 heterocycles. The Kier molecular flexibility index (Phi) is 3.34. The van der Waals surface area contributed by atoms with Crippen molar-refractivity contribution in [1.82, 2.24) is 14.9 Å². The number of aromatic nitrogens is 2. The third-order valence-corrected chi connectivity index (χ3v) is 6.68. The lowest BCUT2D eigenvalue weighted by atomic mass is 9.92. The maximum Gasteiger partial charge on any atom is 0.266 e. The Morgan fingerprint density at radius 2 is 1.72 bits per heavy atom. The van der Waals surface area contributed by atoms with Gasteiger partial charge in [-0.15, -0.1) is 0 Å². The van der Waals surface area contributed by atoms with E-state index in [1.807, 2.05) is 48.5 Å². The van der Waals surface area contributed by atoms with Crippen LogP contribution in [-0.4, -0.2) is 21.7 Å². The molecule has 1 saturated heterocycles. The monoisotopic (exact) mass is 422 g/mol. The number of nitrogens with zero attached hydrogens (tertiary/aromatic N) is 2. The van der Waals surface area contributed by atoms with E-state index in [1.165, 1.54) is 0 Å². The Morgan fingerprint density at radius 3 is 2.66 bits per heavy atom. The number of anilines is 1. The summed E-state index contributed by atoms with van der Waals surface area (Å²) in [5.41, 5.74) is 2.96. The smallest absolute Gasteiger partial charge is 0.266 e. The molecule has 3 aromatic carbocycles. The summed E-state index contributed by atoms with van der Waals surface area (Å²) in [6.45, 7) is 0. The Labute approximate surface area is 182 Å². The van der Waals surface area contributed by atoms with Crippen molar-refractivity contribution >= 4 is 22.5 Å². The summed E-state index contributed by atoms with van der Waals surface area (Å²) in [4.78, 5) is 31.7. The van der Waals surface area contributed by atoms with Gasteiger partial charge in [-0.25, -0.2) is 4.98 Å². The molecule has 0 bridgehead atoms. The van der Waals surface area contributed by atoms with Crippen LogP contribution in [0.1, 0.15) is 34.2 Å². The van der Waals surface area contributed by atoms with Crippen LogP contribution in [0.2, 0.25) is 0 Å². The van der Waals surface area contributed by atoms with Crippen molar-refractivity contribution in [3.05, 3.63) is 100 Å². The highest BCUT2D eigenvalue weighted by Gasteiger charge is 2.64. The Hall–Kier alpha value is -3.97. The number of nitrogens with one attached hydrogen (secondary N) is 2. The molecule has 2 unspecified atom stereocenters. The number of para-hydroxylation sites is 3. The molecule has 7 nitrogen and oxygen atoms in total. The van der Waals surface area contributed by atoms with Crippen LogP contribution >= 0.6 is 0 Å². The first-order chi connectivity index (χ1) is 15.7. The highest BCUT2D eigenvalue weighted by molar-refractivity contribution is 5.98. The van der Waals surface area contributed by atoms with Crippen molar-refractivity contribution in [3.63, 3.8) is 0 Å². The third kappa shape index (κ3) is 2.26. The molecule has 32 heavy (non-hydrogen) atoms. The fourth-order valence-electron chi connectivity index (χ4n) is 5.13. The molecule has 0 aliphatic carbocycles. The first-order valence-electron chi connectivity index (χ1n) is 10.6. The third-order valence-electron chi connectivity index (χ3n) is 6.68. The molecule has 7 rings (SSSR count). The van der Waals surface area contributed by atoms with E-state index in [0.29, 0.717) is 34.4 Å². The standard InChI is InChI=1S/C25H18N4O3/c30-22-15-8-2-6-12-20(15)29-21(26-17-10-4-1-7-14(17)23(29)31)19(27-22)13-25-16-9-3-5-11-18(16)28-24(25)32-25/h1-12,19,24,28H,13H2,(H,27,30)/t19-,24?,25?/m0/s1. The highest BCUT2D eigenvalue weighted by Crippen LogP contribution is 2.58. The second-order valence-corrected chi connectivity index (χ2v) is 8.45. The predicted octanol–water partition coefficient (Wildman–Crippen LogP) is 3.24. The van der Waals surface area contributed by atoms with E-state index in [9.17, 15) is 9.59 Å². The van der Waals surface area contributed by atoms with E-state index in [1.54, 1.807) is 28.8 Å². The number of rotatable bonds is 2. The van der Waals surface area contributed by atoms with E-state index in [-0.39, 0.29) is 17.7 Å². The van der Waals surface area contributed by atoms with Gasteiger partial charge in [0.15, 0.2) is 6.23 Å². The van der Waals surface area contributed by atoms with Gasteiger partial charge in [-0.3, -0.25) is 14.2 Å². The summed E-state index contributed by atoms with van der Waals surface area (Å²) in [6.07, 6.45) is 0.315.